The lowest BCUT2D eigenvalue weighted by Crippen LogP contribution is -2.10. The van der Waals surface area contributed by atoms with Crippen molar-refractivity contribution in [3.63, 3.8) is 0 Å². The molecule has 0 unspecified atom stereocenters. The first-order valence-electron chi connectivity index (χ1n) is 7.01. The van der Waals surface area contributed by atoms with Crippen LogP contribution in [0.15, 0.2) is 60.0 Å². The van der Waals surface area contributed by atoms with Crippen LogP contribution in [0.3, 0.4) is 0 Å². The Hall–Kier alpha value is -2.34. The highest BCUT2D eigenvalue weighted by Crippen LogP contribution is 2.24. The third kappa shape index (κ3) is 2.69. The number of fused-ring (bicyclic) bond motifs is 1. The normalized spacial score (nSPS) is 11.7. The number of imidazole rings is 1. The molecule has 0 amide bonds. The van der Waals surface area contributed by atoms with Crippen LogP contribution < -0.4 is 4.74 Å². The highest BCUT2D eigenvalue weighted by molar-refractivity contribution is 7.90. The summed E-state index contributed by atoms with van der Waals surface area (Å²) in [6, 6.07) is 10.7. The van der Waals surface area contributed by atoms with Crippen molar-refractivity contribution in [1.82, 2.24) is 8.96 Å². The second-order valence-corrected chi connectivity index (χ2v) is 6.76. The smallest absolute Gasteiger partial charge is 0.268 e. The van der Waals surface area contributed by atoms with Gasteiger partial charge in [0.2, 0.25) is 0 Å². The van der Waals surface area contributed by atoms with Crippen LogP contribution in [0.5, 0.6) is 5.75 Å². The van der Waals surface area contributed by atoms with E-state index in [9.17, 15) is 8.42 Å². The Bertz CT molecular complexity index is 887. The van der Waals surface area contributed by atoms with E-state index in [-0.39, 0.29) is 4.90 Å². The minimum absolute atomic E-state index is 0.236. The van der Waals surface area contributed by atoms with Crippen LogP contribution in [0, 0.1) is 0 Å². The van der Waals surface area contributed by atoms with Gasteiger partial charge in [0.1, 0.15) is 12.1 Å². The zero-order valence-electron chi connectivity index (χ0n) is 12.1. The second kappa shape index (κ2) is 5.81. The van der Waals surface area contributed by atoms with E-state index in [2.05, 4.69) is 4.98 Å². The van der Waals surface area contributed by atoms with Crippen molar-refractivity contribution >= 4 is 20.8 Å². The van der Waals surface area contributed by atoms with Gasteiger partial charge in [-0.2, -0.15) is 0 Å². The zero-order valence-corrected chi connectivity index (χ0v) is 13.0. The van der Waals surface area contributed by atoms with E-state index in [0.717, 1.165) is 26.9 Å². The maximum atomic E-state index is 12.4. The van der Waals surface area contributed by atoms with E-state index in [1.807, 2.05) is 25.1 Å². The topological polar surface area (TPSA) is 61.2 Å². The first-order valence-corrected chi connectivity index (χ1v) is 8.45. The number of ether oxygens (including phenoxy) is 1. The fourth-order valence-electron chi connectivity index (χ4n) is 2.18. The van der Waals surface area contributed by atoms with Crippen LogP contribution in [0.1, 0.15) is 13.3 Å². The average Bonchev–Trinajstić information content (AvgIpc) is 3.07. The van der Waals surface area contributed by atoms with E-state index >= 15 is 0 Å². The fraction of sp³-hybridized carbons (Fsp3) is 0.188. The molecule has 0 fully saturated rings. The molecule has 0 atom stereocenters. The van der Waals surface area contributed by atoms with Crippen LogP contribution in [0.25, 0.3) is 10.8 Å². The van der Waals surface area contributed by atoms with Gasteiger partial charge in [0.25, 0.3) is 10.0 Å². The lowest BCUT2D eigenvalue weighted by molar-refractivity contribution is 0.318. The molecule has 114 valence electrons. The van der Waals surface area contributed by atoms with Crippen molar-refractivity contribution in [2.45, 2.75) is 18.2 Å². The number of benzene rings is 2. The number of aromatic nitrogens is 2. The molecule has 2 aromatic carbocycles. The monoisotopic (exact) mass is 316 g/mol. The molecule has 1 aromatic heterocycles. The largest absolute Gasteiger partial charge is 0.494 e. The molecule has 6 heteroatoms. The summed E-state index contributed by atoms with van der Waals surface area (Å²) in [5, 5.41) is 1.79. The first kappa shape index (κ1) is 14.6. The summed E-state index contributed by atoms with van der Waals surface area (Å²) in [7, 11) is -3.59. The quantitative estimate of drug-likeness (QED) is 0.726. The van der Waals surface area contributed by atoms with Crippen molar-refractivity contribution in [2.75, 3.05) is 6.61 Å². The number of rotatable bonds is 5. The van der Waals surface area contributed by atoms with E-state index in [1.54, 1.807) is 18.2 Å². The molecule has 22 heavy (non-hydrogen) atoms. The Kier molecular flexibility index (Phi) is 3.85. The molecule has 1 heterocycles. The molecule has 0 spiro atoms. The highest BCUT2D eigenvalue weighted by atomic mass is 32.2. The highest BCUT2D eigenvalue weighted by Gasteiger charge is 2.16. The molecule has 0 aliphatic heterocycles. The van der Waals surface area contributed by atoms with Crippen LogP contribution in [0.2, 0.25) is 0 Å². The lowest BCUT2D eigenvalue weighted by atomic mass is 10.1. The molecular formula is C16H16N2O3S. The molecular weight excluding hydrogens is 300 g/mol. The van der Waals surface area contributed by atoms with E-state index in [4.69, 9.17) is 4.74 Å². The van der Waals surface area contributed by atoms with Gasteiger partial charge in [-0.15, -0.1) is 0 Å². The third-order valence-corrected chi connectivity index (χ3v) is 4.93. The summed E-state index contributed by atoms with van der Waals surface area (Å²) < 4.78 is 31.6. The predicted octanol–water partition coefficient (Wildman–Crippen LogP) is 3.06. The molecule has 0 radical (unpaired) electrons. The average molecular weight is 316 g/mol. The minimum atomic E-state index is -3.59. The molecule has 5 nitrogen and oxygen atoms in total. The van der Waals surface area contributed by atoms with Crippen LogP contribution >= 0.6 is 0 Å². The van der Waals surface area contributed by atoms with Gasteiger partial charge in [-0.1, -0.05) is 19.1 Å². The van der Waals surface area contributed by atoms with Crippen molar-refractivity contribution in [1.29, 1.82) is 0 Å². The van der Waals surface area contributed by atoms with Gasteiger partial charge in [-0.3, -0.25) is 0 Å². The summed E-state index contributed by atoms with van der Waals surface area (Å²) in [6.45, 7) is 2.72. The van der Waals surface area contributed by atoms with Crippen LogP contribution in [0.4, 0.5) is 0 Å². The Balaban J connectivity index is 2.00. The predicted molar refractivity (Wildman–Crippen MR) is 84.5 cm³/mol. The number of hydrogen-bond acceptors (Lipinski definition) is 4. The summed E-state index contributed by atoms with van der Waals surface area (Å²) in [4.78, 5) is 4.02. The molecule has 0 bridgehead atoms. The maximum Gasteiger partial charge on any atom is 0.268 e. The fourth-order valence-corrected chi connectivity index (χ4v) is 3.34. The third-order valence-electron chi connectivity index (χ3n) is 3.31. The molecule has 0 N–H and O–H groups in total. The van der Waals surface area contributed by atoms with Gasteiger partial charge in [-0.25, -0.2) is 17.4 Å². The van der Waals surface area contributed by atoms with Gasteiger partial charge >= 0.3 is 0 Å². The summed E-state index contributed by atoms with van der Waals surface area (Å²) >= 11 is 0. The minimum Gasteiger partial charge on any atom is -0.494 e. The van der Waals surface area contributed by atoms with Crippen LogP contribution in [-0.2, 0) is 10.0 Å². The molecule has 0 aliphatic rings. The van der Waals surface area contributed by atoms with Gasteiger partial charge < -0.3 is 4.74 Å². The molecule has 0 saturated carbocycles. The SMILES string of the molecule is CCCOc1ccc2cc(S(=O)(=O)n3ccnc3)ccc2c1. The summed E-state index contributed by atoms with van der Waals surface area (Å²) in [5.74, 6) is 0.791. The molecule has 3 rings (SSSR count). The van der Waals surface area contributed by atoms with Crippen molar-refractivity contribution in [3.05, 3.63) is 55.1 Å². The second-order valence-electron chi connectivity index (χ2n) is 4.92. The van der Waals surface area contributed by atoms with Gasteiger partial charge in [0, 0.05) is 12.4 Å². The van der Waals surface area contributed by atoms with Crippen molar-refractivity contribution in [2.24, 2.45) is 0 Å². The molecule has 0 saturated heterocycles. The Morgan fingerprint density at radius 3 is 2.64 bits per heavy atom. The van der Waals surface area contributed by atoms with Crippen molar-refractivity contribution in [3.8, 4) is 5.75 Å². The zero-order chi connectivity index (χ0) is 15.6. The molecule has 0 aliphatic carbocycles. The lowest BCUT2D eigenvalue weighted by Gasteiger charge is -2.08. The summed E-state index contributed by atoms with van der Waals surface area (Å²) in [5.41, 5.74) is 0. The Morgan fingerprint density at radius 2 is 1.91 bits per heavy atom. The van der Waals surface area contributed by atoms with Crippen LogP contribution in [-0.4, -0.2) is 24.0 Å². The molecule has 3 aromatic rings. The Labute approximate surface area is 129 Å². The van der Waals surface area contributed by atoms with E-state index < -0.39 is 10.0 Å². The van der Waals surface area contributed by atoms with E-state index in [0.29, 0.717) is 6.61 Å². The van der Waals surface area contributed by atoms with Gasteiger partial charge in [0.05, 0.1) is 11.5 Å². The number of nitrogens with zero attached hydrogens (tertiary/aromatic N) is 2. The van der Waals surface area contributed by atoms with Crippen molar-refractivity contribution < 1.29 is 13.2 Å². The van der Waals surface area contributed by atoms with Gasteiger partial charge in [0.15, 0.2) is 0 Å². The van der Waals surface area contributed by atoms with E-state index in [1.165, 1.54) is 18.7 Å². The standard InChI is InChI=1S/C16H16N2O3S/c1-2-9-21-15-5-3-14-11-16(6-4-13(14)10-15)22(19,20)18-8-7-17-12-18/h3-8,10-12H,2,9H2,1H3. The maximum absolute atomic E-state index is 12.4. The number of hydrogen-bond donors (Lipinski definition) is 0. The summed E-state index contributed by atoms with van der Waals surface area (Å²) in [6.07, 6.45) is 5.08. The van der Waals surface area contributed by atoms with Gasteiger partial charge in [-0.05, 0) is 41.5 Å². The first-order chi connectivity index (χ1) is 10.6. The Morgan fingerprint density at radius 1 is 1.14 bits per heavy atom.